The molecule has 0 saturated heterocycles. The molecular weight excluding hydrogens is 384 g/mol. The first-order valence-corrected chi connectivity index (χ1v) is 8.68. The Balaban J connectivity index is 1.77. The van der Waals surface area contributed by atoms with Crippen molar-refractivity contribution in [2.75, 3.05) is 11.9 Å². The minimum absolute atomic E-state index is 0.186. The highest BCUT2D eigenvalue weighted by atomic mass is 35.5. The van der Waals surface area contributed by atoms with Gasteiger partial charge in [0.25, 0.3) is 5.91 Å². The molecule has 0 radical (unpaired) electrons. The minimum atomic E-state index is -1.06. The first-order valence-electron chi connectivity index (χ1n) is 8.30. The predicted molar refractivity (Wildman–Crippen MR) is 103 cm³/mol. The number of halogens is 1. The van der Waals surface area contributed by atoms with Crippen molar-refractivity contribution in [3.8, 4) is 11.4 Å². The van der Waals surface area contributed by atoms with Crippen molar-refractivity contribution >= 4 is 29.2 Å². The highest BCUT2D eigenvalue weighted by Gasteiger charge is 2.17. The van der Waals surface area contributed by atoms with Crippen molar-refractivity contribution in [1.29, 1.82) is 0 Å². The van der Waals surface area contributed by atoms with Gasteiger partial charge in [-0.25, -0.2) is 4.79 Å². The molecule has 2 N–H and O–H groups in total. The summed E-state index contributed by atoms with van der Waals surface area (Å²) in [7, 11) is 0. The average Bonchev–Trinajstić information content (AvgIpc) is 3.04. The number of amides is 1. The molecule has 1 aromatic heterocycles. The summed E-state index contributed by atoms with van der Waals surface area (Å²) in [6.07, 6.45) is 0. The number of benzene rings is 2. The van der Waals surface area contributed by atoms with Crippen LogP contribution in [-0.2, 0) is 4.79 Å². The van der Waals surface area contributed by atoms with E-state index in [0.29, 0.717) is 27.8 Å². The Labute approximate surface area is 165 Å². The SMILES string of the molecule is Cc1cc(OCC(=O)O)ccc1NC(=O)c1nn(-c2cccc(Cl)c2)nc1C. The summed E-state index contributed by atoms with van der Waals surface area (Å²) in [5.74, 6) is -1.07. The molecule has 0 saturated carbocycles. The third kappa shape index (κ3) is 4.47. The molecule has 0 bridgehead atoms. The molecule has 1 heterocycles. The molecule has 0 spiro atoms. The lowest BCUT2D eigenvalue weighted by atomic mass is 10.2. The van der Waals surface area contributed by atoms with Gasteiger partial charge in [0.1, 0.15) is 5.75 Å². The first-order chi connectivity index (χ1) is 13.3. The smallest absolute Gasteiger partial charge is 0.341 e. The lowest BCUT2D eigenvalue weighted by molar-refractivity contribution is -0.139. The van der Waals surface area contributed by atoms with E-state index in [0.717, 1.165) is 5.56 Å². The second kappa shape index (κ2) is 8.10. The Morgan fingerprint density at radius 3 is 2.64 bits per heavy atom. The number of anilines is 1. The van der Waals surface area contributed by atoms with Gasteiger partial charge in [0.15, 0.2) is 12.3 Å². The van der Waals surface area contributed by atoms with Gasteiger partial charge in [-0.15, -0.1) is 5.10 Å². The van der Waals surface area contributed by atoms with Crippen molar-refractivity contribution in [1.82, 2.24) is 15.0 Å². The fourth-order valence-corrected chi connectivity index (χ4v) is 2.68. The van der Waals surface area contributed by atoms with Crippen LogP contribution in [0.1, 0.15) is 21.7 Å². The number of ether oxygens (including phenoxy) is 1. The second-order valence-electron chi connectivity index (χ2n) is 6.02. The lowest BCUT2D eigenvalue weighted by Gasteiger charge is -2.10. The Hall–Kier alpha value is -3.39. The quantitative estimate of drug-likeness (QED) is 0.657. The molecule has 144 valence electrons. The van der Waals surface area contributed by atoms with Gasteiger partial charge in [-0.3, -0.25) is 4.79 Å². The zero-order chi connectivity index (χ0) is 20.3. The Bertz CT molecular complexity index is 1050. The van der Waals surface area contributed by atoms with Crippen LogP contribution < -0.4 is 10.1 Å². The first kappa shape index (κ1) is 19.4. The highest BCUT2D eigenvalue weighted by Crippen LogP contribution is 2.22. The Kier molecular flexibility index (Phi) is 5.60. The van der Waals surface area contributed by atoms with E-state index in [1.54, 1.807) is 56.3 Å². The molecule has 3 rings (SSSR count). The molecule has 28 heavy (non-hydrogen) atoms. The standard InChI is InChI=1S/C19H17ClN4O4/c1-11-8-15(28-10-17(25)26)6-7-16(11)21-19(27)18-12(2)22-24(23-18)14-5-3-4-13(20)9-14/h3-9H,10H2,1-2H3,(H,21,27)(H,25,26). The number of carboxylic acids is 1. The van der Waals surface area contributed by atoms with Gasteiger partial charge in [0.2, 0.25) is 0 Å². The van der Waals surface area contributed by atoms with Crippen molar-refractivity contribution < 1.29 is 19.4 Å². The van der Waals surface area contributed by atoms with Crippen molar-refractivity contribution in [2.24, 2.45) is 0 Å². The summed E-state index contributed by atoms with van der Waals surface area (Å²) in [6, 6.07) is 11.9. The molecule has 0 unspecified atom stereocenters. The molecule has 8 nitrogen and oxygen atoms in total. The van der Waals surface area contributed by atoms with Crippen LogP contribution >= 0.6 is 11.6 Å². The number of nitrogens with one attached hydrogen (secondary N) is 1. The number of rotatable bonds is 6. The lowest BCUT2D eigenvalue weighted by Crippen LogP contribution is -2.15. The number of hydrogen-bond donors (Lipinski definition) is 2. The van der Waals surface area contributed by atoms with Gasteiger partial charge in [-0.2, -0.15) is 9.90 Å². The molecule has 9 heteroatoms. The largest absolute Gasteiger partial charge is 0.482 e. The second-order valence-corrected chi connectivity index (χ2v) is 6.45. The number of aliphatic carboxylic acids is 1. The van der Waals surface area contributed by atoms with E-state index >= 15 is 0 Å². The zero-order valence-corrected chi connectivity index (χ0v) is 15.9. The fourth-order valence-electron chi connectivity index (χ4n) is 2.50. The van der Waals surface area contributed by atoms with Gasteiger partial charge >= 0.3 is 5.97 Å². The van der Waals surface area contributed by atoms with Crippen molar-refractivity contribution in [3.63, 3.8) is 0 Å². The fraction of sp³-hybridized carbons (Fsp3) is 0.158. The van der Waals surface area contributed by atoms with E-state index in [1.165, 1.54) is 4.80 Å². The van der Waals surface area contributed by atoms with Crippen LogP contribution in [0.3, 0.4) is 0 Å². The maximum atomic E-state index is 12.6. The van der Waals surface area contributed by atoms with E-state index in [9.17, 15) is 9.59 Å². The highest BCUT2D eigenvalue weighted by molar-refractivity contribution is 6.30. The topological polar surface area (TPSA) is 106 Å². The van der Waals surface area contributed by atoms with Crippen molar-refractivity contribution in [2.45, 2.75) is 13.8 Å². The van der Waals surface area contributed by atoms with E-state index in [4.69, 9.17) is 21.4 Å². The van der Waals surface area contributed by atoms with Crippen LogP contribution in [0.5, 0.6) is 5.75 Å². The van der Waals surface area contributed by atoms with Crippen LogP contribution in [0.15, 0.2) is 42.5 Å². The summed E-state index contributed by atoms with van der Waals surface area (Å²) < 4.78 is 5.13. The molecule has 0 aliphatic heterocycles. The number of carbonyl (C=O) groups is 2. The number of aryl methyl sites for hydroxylation is 2. The molecular formula is C19H17ClN4O4. The monoisotopic (exact) mass is 400 g/mol. The van der Waals surface area contributed by atoms with E-state index in [2.05, 4.69) is 15.5 Å². The number of nitrogens with zero attached hydrogens (tertiary/aromatic N) is 3. The van der Waals surface area contributed by atoms with Crippen LogP contribution in [0.2, 0.25) is 5.02 Å². The summed E-state index contributed by atoms with van der Waals surface area (Å²) in [4.78, 5) is 24.6. The number of hydrogen-bond acceptors (Lipinski definition) is 5. The van der Waals surface area contributed by atoms with Crippen LogP contribution in [0, 0.1) is 13.8 Å². The zero-order valence-electron chi connectivity index (χ0n) is 15.1. The van der Waals surface area contributed by atoms with E-state index in [-0.39, 0.29) is 5.69 Å². The van der Waals surface area contributed by atoms with Crippen LogP contribution in [0.25, 0.3) is 5.69 Å². The normalized spacial score (nSPS) is 10.5. The third-order valence-corrected chi connectivity index (χ3v) is 4.08. The molecule has 1 amide bonds. The maximum Gasteiger partial charge on any atom is 0.341 e. The number of carbonyl (C=O) groups excluding carboxylic acids is 1. The molecule has 0 fully saturated rings. The van der Waals surface area contributed by atoms with Gasteiger partial charge < -0.3 is 15.2 Å². The summed E-state index contributed by atoms with van der Waals surface area (Å²) >= 11 is 5.99. The summed E-state index contributed by atoms with van der Waals surface area (Å²) in [5, 5.41) is 20.5. The van der Waals surface area contributed by atoms with Gasteiger partial charge in [0.05, 0.1) is 11.4 Å². The van der Waals surface area contributed by atoms with E-state index in [1.807, 2.05) is 0 Å². The Morgan fingerprint density at radius 2 is 1.96 bits per heavy atom. The average molecular weight is 401 g/mol. The van der Waals surface area contributed by atoms with Gasteiger partial charge in [0, 0.05) is 10.7 Å². The van der Waals surface area contributed by atoms with Gasteiger partial charge in [-0.05, 0) is 55.8 Å². The predicted octanol–water partition coefficient (Wildman–Crippen LogP) is 3.25. The van der Waals surface area contributed by atoms with Crippen LogP contribution in [0.4, 0.5) is 5.69 Å². The molecule has 0 aliphatic rings. The Morgan fingerprint density at radius 1 is 1.18 bits per heavy atom. The third-order valence-electron chi connectivity index (χ3n) is 3.84. The van der Waals surface area contributed by atoms with E-state index < -0.39 is 18.5 Å². The number of carboxylic acid groups (broad SMARTS) is 1. The molecule has 0 atom stereocenters. The van der Waals surface area contributed by atoms with Gasteiger partial charge in [-0.1, -0.05) is 17.7 Å². The molecule has 3 aromatic rings. The van der Waals surface area contributed by atoms with Crippen LogP contribution in [-0.4, -0.2) is 38.6 Å². The maximum absolute atomic E-state index is 12.6. The minimum Gasteiger partial charge on any atom is -0.482 e. The molecule has 2 aromatic carbocycles. The summed E-state index contributed by atoms with van der Waals surface area (Å²) in [6.45, 7) is 3.04. The summed E-state index contributed by atoms with van der Waals surface area (Å²) in [5.41, 5.74) is 2.58. The number of aromatic nitrogens is 3. The molecule has 0 aliphatic carbocycles. The van der Waals surface area contributed by atoms with Crippen molar-refractivity contribution in [3.05, 3.63) is 64.4 Å².